The van der Waals surface area contributed by atoms with Gasteiger partial charge >= 0.3 is 0 Å². The molecule has 0 spiro atoms. The highest BCUT2D eigenvalue weighted by Gasteiger charge is 2.49. The molecule has 2 heteroatoms. The van der Waals surface area contributed by atoms with E-state index in [0.29, 0.717) is 11.5 Å². The van der Waals surface area contributed by atoms with Crippen molar-refractivity contribution in [2.24, 2.45) is 23.1 Å². The Morgan fingerprint density at radius 1 is 1.54 bits per heavy atom. The third kappa shape index (κ3) is 2.68. The van der Waals surface area contributed by atoms with Crippen LogP contribution in [-0.4, -0.2) is 6.04 Å². The lowest BCUT2D eigenvalue weighted by Gasteiger charge is -2.20. The van der Waals surface area contributed by atoms with Gasteiger partial charge in [-0.25, -0.2) is 0 Å². The molecule has 3 unspecified atom stereocenters. The number of hydrogen-bond acceptors (Lipinski definition) is 2. The minimum absolute atomic E-state index is 0.532. The van der Waals surface area contributed by atoms with Crippen LogP contribution in [0, 0.1) is 17.3 Å². The third-order valence-electron chi connectivity index (χ3n) is 3.64. The van der Waals surface area contributed by atoms with E-state index in [1.54, 1.807) is 0 Å². The van der Waals surface area contributed by atoms with Crippen molar-refractivity contribution < 1.29 is 0 Å². The standard InChI is InChI=1S/C11H24N2/c1-5-8(2)6-10(13-12)9-7-11(9,3)4/h8-10,13H,5-7,12H2,1-4H3. The summed E-state index contributed by atoms with van der Waals surface area (Å²) in [6.45, 7) is 9.22. The summed E-state index contributed by atoms with van der Waals surface area (Å²) >= 11 is 0. The number of nitrogens with two attached hydrogens (primary N) is 1. The molecule has 3 N–H and O–H groups in total. The van der Waals surface area contributed by atoms with Gasteiger partial charge in [-0.15, -0.1) is 0 Å². The topological polar surface area (TPSA) is 38.0 Å². The van der Waals surface area contributed by atoms with Gasteiger partial charge in [-0.1, -0.05) is 34.1 Å². The molecule has 0 radical (unpaired) electrons. The van der Waals surface area contributed by atoms with Crippen molar-refractivity contribution in [3.8, 4) is 0 Å². The summed E-state index contributed by atoms with van der Waals surface area (Å²) < 4.78 is 0. The van der Waals surface area contributed by atoms with Crippen molar-refractivity contribution in [2.75, 3.05) is 0 Å². The zero-order valence-electron chi connectivity index (χ0n) is 9.43. The van der Waals surface area contributed by atoms with E-state index in [0.717, 1.165) is 11.8 Å². The van der Waals surface area contributed by atoms with Gasteiger partial charge in [0.1, 0.15) is 0 Å². The van der Waals surface area contributed by atoms with E-state index in [1.807, 2.05) is 0 Å². The molecule has 1 aliphatic rings. The highest BCUT2D eigenvalue weighted by atomic mass is 15.2. The summed E-state index contributed by atoms with van der Waals surface area (Å²) in [5.74, 6) is 7.17. The van der Waals surface area contributed by atoms with E-state index in [2.05, 4.69) is 33.1 Å². The van der Waals surface area contributed by atoms with Crippen LogP contribution >= 0.6 is 0 Å². The maximum Gasteiger partial charge on any atom is 0.0246 e. The Balaban J connectivity index is 2.37. The van der Waals surface area contributed by atoms with Crippen LogP contribution in [0.25, 0.3) is 0 Å². The Morgan fingerprint density at radius 3 is 2.38 bits per heavy atom. The van der Waals surface area contributed by atoms with Crippen molar-refractivity contribution in [1.29, 1.82) is 0 Å². The second kappa shape index (κ2) is 3.97. The van der Waals surface area contributed by atoms with Crippen LogP contribution in [0.5, 0.6) is 0 Å². The fourth-order valence-electron chi connectivity index (χ4n) is 2.14. The van der Waals surface area contributed by atoms with Gasteiger partial charge < -0.3 is 0 Å². The molecule has 0 amide bonds. The van der Waals surface area contributed by atoms with Crippen molar-refractivity contribution in [3.05, 3.63) is 0 Å². The van der Waals surface area contributed by atoms with Crippen molar-refractivity contribution in [3.63, 3.8) is 0 Å². The summed E-state index contributed by atoms with van der Waals surface area (Å²) in [4.78, 5) is 0. The van der Waals surface area contributed by atoms with Gasteiger partial charge in [-0.2, -0.15) is 0 Å². The predicted octanol–water partition coefficient (Wildman–Crippen LogP) is 2.30. The summed E-state index contributed by atoms with van der Waals surface area (Å²) in [6, 6.07) is 0.532. The van der Waals surface area contributed by atoms with Crippen LogP contribution in [0.4, 0.5) is 0 Å². The lowest BCUT2D eigenvalue weighted by atomic mass is 9.94. The molecule has 0 heterocycles. The first-order chi connectivity index (χ1) is 6.01. The highest BCUT2D eigenvalue weighted by molar-refractivity contribution is 5.01. The van der Waals surface area contributed by atoms with Gasteiger partial charge in [0.2, 0.25) is 0 Å². The van der Waals surface area contributed by atoms with Gasteiger partial charge in [-0.05, 0) is 30.1 Å². The molecule has 0 saturated heterocycles. The molecule has 0 aromatic heterocycles. The largest absolute Gasteiger partial charge is 0.271 e. The Bertz CT molecular complexity index is 165. The summed E-state index contributed by atoms with van der Waals surface area (Å²) in [5, 5.41) is 0. The van der Waals surface area contributed by atoms with Gasteiger partial charge in [0.25, 0.3) is 0 Å². The zero-order chi connectivity index (χ0) is 10.1. The third-order valence-corrected chi connectivity index (χ3v) is 3.64. The van der Waals surface area contributed by atoms with E-state index in [-0.39, 0.29) is 0 Å². The Hall–Kier alpha value is -0.0800. The maximum atomic E-state index is 5.59. The van der Waals surface area contributed by atoms with Crippen LogP contribution in [-0.2, 0) is 0 Å². The fourth-order valence-corrected chi connectivity index (χ4v) is 2.14. The van der Waals surface area contributed by atoms with Gasteiger partial charge in [0, 0.05) is 6.04 Å². The molecule has 78 valence electrons. The van der Waals surface area contributed by atoms with Crippen molar-refractivity contribution in [1.82, 2.24) is 5.43 Å². The van der Waals surface area contributed by atoms with E-state index < -0.39 is 0 Å². The van der Waals surface area contributed by atoms with Crippen LogP contribution in [0.3, 0.4) is 0 Å². The number of rotatable bonds is 5. The lowest BCUT2D eigenvalue weighted by molar-refractivity contribution is 0.337. The Morgan fingerprint density at radius 2 is 2.08 bits per heavy atom. The summed E-state index contributed by atoms with van der Waals surface area (Å²) in [6.07, 6.45) is 3.81. The van der Waals surface area contributed by atoms with Gasteiger partial charge in [0.15, 0.2) is 0 Å². The van der Waals surface area contributed by atoms with E-state index in [9.17, 15) is 0 Å². The molecule has 3 atom stereocenters. The predicted molar refractivity (Wildman–Crippen MR) is 57.1 cm³/mol. The highest BCUT2D eigenvalue weighted by Crippen LogP contribution is 2.54. The molecule has 1 saturated carbocycles. The zero-order valence-corrected chi connectivity index (χ0v) is 9.43. The quantitative estimate of drug-likeness (QED) is 0.508. The SMILES string of the molecule is CCC(C)CC(NN)C1CC1(C)C. The number of hydrogen-bond donors (Lipinski definition) is 2. The minimum Gasteiger partial charge on any atom is -0.271 e. The van der Waals surface area contributed by atoms with Gasteiger partial charge in [0.05, 0.1) is 0 Å². The number of hydrazine groups is 1. The fraction of sp³-hybridized carbons (Fsp3) is 1.00. The molecule has 2 nitrogen and oxygen atoms in total. The van der Waals surface area contributed by atoms with E-state index in [4.69, 9.17) is 5.84 Å². The molecule has 0 aromatic carbocycles. The molecule has 0 aliphatic heterocycles. The van der Waals surface area contributed by atoms with Crippen molar-refractivity contribution in [2.45, 2.75) is 53.0 Å². The molecule has 1 aliphatic carbocycles. The van der Waals surface area contributed by atoms with Crippen LogP contribution in [0.15, 0.2) is 0 Å². The molecule has 0 bridgehead atoms. The first kappa shape index (κ1) is 11.0. The maximum absolute atomic E-state index is 5.59. The number of nitrogens with one attached hydrogen (secondary N) is 1. The molecule has 13 heavy (non-hydrogen) atoms. The van der Waals surface area contributed by atoms with Crippen molar-refractivity contribution >= 4 is 0 Å². The average molecular weight is 184 g/mol. The van der Waals surface area contributed by atoms with Crippen LogP contribution in [0.1, 0.15) is 47.0 Å². The molecular formula is C11H24N2. The average Bonchev–Trinajstić information content (AvgIpc) is 2.70. The smallest absolute Gasteiger partial charge is 0.0246 e. The first-order valence-corrected chi connectivity index (χ1v) is 5.47. The van der Waals surface area contributed by atoms with E-state index >= 15 is 0 Å². The Labute approximate surface area is 82.2 Å². The Kier molecular flexibility index (Phi) is 3.36. The monoisotopic (exact) mass is 184 g/mol. The molecule has 1 rings (SSSR count). The molecule has 1 fully saturated rings. The second-order valence-corrected chi connectivity index (χ2v) is 5.32. The normalized spacial score (nSPS) is 29.8. The first-order valence-electron chi connectivity index (χ1n) is 5.47. The second-order valence-electron chi connectivity index (χ2n) is 5.32. The van der Waals surface area contributed by atoms with Crippen LogP contribution in [0.2, 0.25) is 0 Å². The summed E-state index contributed by atoms with van der Waals surface area (Å²) in [5.41, 5.74) is 3.52. The minimum atomic E-state index is 0.532. The van der Waals surface area contributed by atoms with Crippen LogP contribution < -0.4 is 11.3 Å². The molecular weight excluding hydrogens is 160 g/mol. The van der Waals surface area contributed by atoms with Gasteiger partial charge in [-0.3, -0.25) is 11.3 Å². The van der Waals surface area contributed by atoms with E-state index in [1.165, 1.54) is 19.3 Å². The summed E-state index contributed by atoms with van der Waals surface area (Å²) in [7, 11) is 0. The lowest BCUT2D eigenvalue weighted by Crippen LogP contribution is -2.39. The molecule has 0 aromatic rings.